The van der Waals surface area contributed by atoms with Gasteiger partial charge in [0.05, 0.1) is 11.5 Å². The molecule has 1 saturated heterocycles. The Morgan fingerprint density at radius 1 is 1.35 bits per heavy atom. The number of amides is 2. The largest absolute Gasteiger partial charge is 0.344 e. The zero-order valence-electron chi connectivity index (χ0n) is 12.8. The monoisotopic (exact) mass is 358 g/mol. The van der Waals surface area contributed by atoms with Crippen LogP contribution in [-0.2, 0) is 26.0 Å². The maximum atomic E-state index is 12.3. The number of hydrogen-bond acceptors (Lipinski definition) is 4. The molecule has 1 unspecified atom stereocenters. The van der Waals surface area contributed by atoms with Gasteiger partial charge in [-0.2, -0.15) is 0 Å². The van der Waals surface area contributed by atoms with Gasteiger partial charge in [-0.1, -0.05) is 29.8 Å². The Morgan fingerprint density at radius 3 is 2.61 bits per heavy atom. The fourth-order valence-electron chi connectivity index (χ4n) is 2.61. The van der Waals surface area contributed by atoms with Gasteiger partial charge in [0.2, 0.25) is 0 Å². The summed E-state index contributed by atoms with van der Waals surface area (Å²) in [5.74, 6) is -1.48. The number of sulfone groups is 1. The second-order valence-corrected chi connectivity index (χ2v) is 8.06. The van der Waals surface area contributed by atoms with Crippen molar-refractivity contribution in [3.63, 3.8) is 0 Å². The lowest BCUT2D eigenvalue weighted by molar-refractivity contribution is -0.147. The predicted molar refractivity (Wildman–Crippen MR) is 87.7 cm³/mol. The molecule has 0 aromatic heterocycles. The average Bonchev–Trinajstić information content (AvgIpc) is 2.86. The Kier molecular flexibility index (Phi) is 5.64. The van der Waals surface area contributed by atoms with Gasteiger partial charge in [-0.15, -0.1) is 0 Å². The van der Waals surface area contributed by atoms with Gasteiger partial charge in [0.1, 0.15) is 0 Å². The topological polar surface area (TPSA) is 83.6 Å². The highest BCUT2D eigenvalue weighted by Crippen LogP contribution is 2.18. The first-order valence-corrected chi connectivity index (χ1v) is 9.56. The number of carbonyl (C=O) groups excluding carboxylic acids is 2. The molecule has 1 heterocycles. The third-order valence-electron chi connectivity index (χ3n) is 3.84. The zero-order valence-corrected chi connectivity index (χ0v) is 14.4. The van der Waals surface area contributed by atoms with E-state index in [1.165, 1.54) is 4.90 Å². The highest BCUT2D eigenvalue weighted by Gasteiger charge is 2.35. The number of rotatable bonds is 4. The van der Waals surface area contributed by atoms with Gasteiger partial charge in [-0.05, 0) is 25.0 Å². The summed E-state index contributed by atoms with van der Waals surface area (Å²) in [4.78, 5) is 25.6. The van der Waals surface area contributed by atoms with E-state index in [1.807, 2.05) is 0 Å². The molecule has 23 heavy (non-hydrogen) atoms. The molecule has 126 valence electrons. The quantitative estimate of drug-likeness (QED) is 0.814. The Labute approximate surface area is 140 Å². The number of carbonyl (C=O) groups is 2. The molecular formula is C15H19ClN2O4S. The minimum absolute atomic E-state index is 0.0582. The van der Waals surface area contributed by atoms with Crippen molar-refractivity contribution in [2.45, 2.75) is 25.9 Å². The second-order valence-electron chi connectivity index (χ2n) is 5.42. The summed E-state index contributed by atoms with van der Waals surface area (Å²) in [5, 5.41) is 3.04. The molecule has 0 bridgehead atoms. The molecule has 1 aromatic carbocycles. The molecule has 2 amide bonds. The summed E-state index contributed by atoms with van der Waals surface area (Å²) in [5.41, 5.74) is 0.710. The Balaban J connectivity index is 1.98. The van der Waals surface area contributed by atoms with E-state index in [9.17, 15) is 18.0 Å². The van der Waals surface area contributed by atoms with Crippen LogP contribution < -0.4 is 5.32 Å². The Bertz CT molecular complexity index is 705. The molecule has 0 spiro atoms. The first-order valence-electron chi connectivity index (χ1n) is 7.36. The van der Waals surface area contributed by atoms with Crippen molar-refractivity contribution in [3.8, 4) is 0 Å². The molecule has 1 aliphatic rings. The highest BCUT2D eigenvalue weighted by molar-refractivity contribution is 7.91. The lowest BCUT2D eigenvalue weighted by Gasteiger charge is -2.26. The standard InChI is InChI=1S/C15H19ClN2O4S/c1-2-18(12-7-8-23(21,22)10-12)15(20)14(19)17-9-11-5-3-4-6-13(11)16/h3-6,12H,2,7-10H2,1H3,(H,17,19). The Morgan fingerprint density at radius 2 is 2.04 bits per heavy atom. The summed E-state index contributed by atoms with van der Waals surface area (Å²) in [7, 11) is -3.11. The number of hydrogen-bond donors (Lipinski definition) is 1. The summed E-state index contributed by atoms with van der Waals surface area (Å²) < 4.78 is 23.1. The fourth-order valence-corrected chi connectivity index (χ4v) is 4.55. The van der Waals surface area contributed by atoms with Crippen LogP contribution in [-0.4, -0.2) is 49.2 Å². The van der Waals surface area contributed by atoms with E-state index in [1.54, 1.807) is 31.2 Å². The number of likely N-dealkylation sites (N-methyl/N-ethyl adjacent to an activating group) is 1. The van der Waals surface area contributed by atoms with Crippen LogP contribution >= 0.6 is 11.6 Å². The summed E-state index contributed by atoms with van der Waals surface area (Å²) >= 11 is 6.00. The van der Waals surface area contributed by atoms with Gasteiger partial charge in [-0.25, -0.2) is 8.42 Å². The van der Waals surface area contributed by atoms with Gasteiger partial charge in [-0.3, -0.25) is 9.59 Å². The van der Waals surface area contributed by atoms with Gasteiger partial charge in [0.15, 0.2) is 9.84 Å². The molecule has 0 saturated carbocycles. The maximum Gasteiger partial charge on any atom is 0.312 e. The lowest BCUT2D eigenvalue weighted by Crippen LogP contribution is -2.48. The van der Waals surface area contributed by atoms with E-state index in [4.69, 9.17) is 11.6 Å². The van der Waals surface area contributed by atoms with Crippen molar-refractivity contribution < 1.29 is 18.0 Å². The lowest BCUT2D eigenvalue weighted by atomic mass is 10.2. The molecule has 0 aliphatic carbocycles. The maximum absolute atomic E-state index is 12.3. The SMILES string of the molecule is CCN(C(=O)C(=O)NCc1ccccc1Cl)C1CCS(=O)(=O)C1. The third kappa shape index (κ3) is 4.45. The van der Waals surface area contributed by atoms with Crippen LogP contribution in [0.1, 0.15) is 18.9 Å². The van der Waals surface area contributed by atoms with Crippen LogP contribution in [0, 0.1) is 0 Å². The number of benzene rings is 1. The van der Waals surface area contributed by atoms with Crippen molar-refractivity contribution in [1.82, 2.24) is 10.2 Å². The van der Waals surface area contributed by atoms with Crippen molar-refractivity contribution in [2.75, 3.05) is 18.1 Å². The number of nitrogens with zero attached hydrogens (tertiary/aromatic N) is 1. The van der Waals surface area contributed by atoms with E-state index < -0.39 is 27.7 Å². The molecule has 8 heteroatoms. The van der Waals surface area contributed by atoms with E-state index in [2.05, 4.69) is 5.32 Å². The highest BCUT2D eigenvalue weighted by atomic mass is 35.5. The van der Waals surface area contributed by atoms with Crippen LogP contribution in [0.4, 0.5) is 0 Å². The molecule has 0 radical (unpaired) electrons. The Hall–Kier alpha value is -1.60. The van der Waals surface area contributed by atoms with Crippen LogP contribution in [0.3, 0.4) is 0 Å². The number of nitrogens with one attached hydrogen (secondary N) is 1. The van der Waals surface area contributed by atoms with Crippen molar-refractivity contribution >= 4 is 33.3 Å². The smallest absolute Gasteiger partial charge is 0.312 e. The zero-order chi connectivity index (χ0) is 17.0. The third-order valence-corrected chi connectivity index (χ3v) is 5.96. The van der Waals surface area contributed by atoms with E-state index in [0.29, 0.717) is 23.6 Å². The average molecular weight is 359 g/mol. The predicted octanol–water partition coefficient (Wildman–Crippen LogP) is 0.992. The second kappa shape index (κ2) is 7.31. The summed E-state index contributed by atoms with van der Waals surface area (Å²) in [6.45, 7) is 2.16. The molecule has 1 fully saturated rings. The van der Waals surface area contributed by atoms with Gasteiger partial charge in [0.25, 0.3) is 0 Å². The molecule has 1 atom stereocenters. The van der Waals surface area contributed by atoms with E-state index >= 15 is 0 Å². The molecule has 1 N–H and O–H groups in total. The van der Waals surface area contributed by atoms with E-state index in [0.717, 1.165) is 0 Å². The molecule has 2 rings (SSSR count). The number of halogens is 1. The summed E-state index contributed by atoms with van der Waals surface area (Å²) in [6, 6.07) is 6.60. The van der Waals surface area contributed by atoms with E-state index in [-0.39, 0.29) is 18.1 Å². The molecule has 1 aliphatic heterocycles. The normalized spacial score (nSPS) is 19.3. The van der Waals surface area contributed by atoms with Gasteiger partial charge in [0, 0.05) is 24.2 Å². The minimum Gasteiger partial charge on any atom is -0.344 e. The van der Waals surface area contributed by atoms with Crippen molar-refractivity contribution in [1.29, 1.82) is 0 Å². The van der Waals surface area contributed by atoms with Gasteiger partial charge < -0.3 is 10.2 Å². The molecule has 1 aromatic rings. The van der Waals surface area contributed by atoms with Crippen LogP contribution in [0.15, 0.2) is 24.3 Å². The van der Waals surface area contributed by atoms with Crippen molar-refractivity contribution in [2.24, 2.45) is 0 Å². The minimum atomic E-state index is -3.11. The van der Waals surface area contributed by atoms with Crippen LogP contribution in [0.5, 0.6) is 0 Å². The fraction of sp³-hybridized carbons (Fsp3) is 0.467. The first kappa shape index (κ1) is 17.7. The first-order chi connectivity index (χ1) is 10.8. The van der Waals surface area contributed by atoms with Gasteiger partial charge >= 0.3 is 11.8 Å². The van der Waals surface area contributed by atoms with Crippen LogP contribution in [0.2, 0.25) is 5.02 Å². The van der Waals surface area contributed by atoms with Crippen LogP contribution in [0.25, 0.3) is 0 Å². The van der Waals surface area contributed by atoms with Crippen molar-refractivity contribution in [3.05, 3.63) is 34.9 Å². The molecular weight excluding hydrogens is 340 g/mol. The summed E-state index contributed by atoms with van der Waals surface area (Å²) in [6.07, 6.45) is 0.375. The molecule has 6 nitrogen and oxygen atoms in total.